The number of amides is 1. The van der Waals surface area contributed by atoms with Crippen molar-refractivity contribution in [2.75, 3.05) is 7.11 Å². The van der Waals surface area contributed by atoms with Crippen LogP contribution in [-0.4, -0.2) is 19.2 Å². The molecular formula is C23H24N2O2. The summed E-state index contributed by atoms with van der Waals surface area (Å²) in [5.41, 5.74) is 6.31. The predicted molar refractivity (Wildman–Crippen MR) is 111 cm³/mol. The lowest BCUT2D eigenvalue weighted by molar-refractivity contribution is 0.0955. The highest BCUT2D eigenvalue weighted by atomic mass is 16.5. The molecule has 138 valence electrons. The van der Waals surface area contributed by atoms with Crippen LogP contribution in [0.5, 0.6) is 5.75 Å². The van der Waals surface area contributed by atoms with Crippen molar-refractivity contribution in [3.8, 4) is 5.75 Å². The van der Waals surface area contributed by atoms with Crippen LogP contribution in [0.4, 0.5) is 0 Å². The molecule has 0 saturated carbocycles. The Kier molecular flexibility index (Phi) is 5.55. The number of hydrogen-bond acceptors (Lipinski definition) is 3. The fraction of sp³-hybridized carbons (Fsp3) is 0.217. The first-order valence-corrected chi connectivity index (χ1v) is 9.00. The normalized spacial score (nSPS) is 11.3. The maximum Gasteiger partial charge on any atom is 0.271 e. The van der Waals surface area contributed by atoms with E-state index in [1.807, 2.05) is 55.5 Å². The first kappa shape index (κ1) is 18.6. The Balaban J connectivity index is 1.78. The molecule has 0 atom stereocenters. The van der Waals surface area contributed by atoms with Gasteiger partial charge in [-0.15, -0.1) is 0 Å². The van der Waals surface area contributed by atoms with Crippen LogP contribution in [0.1, 0.15) is 46.8 Å². The van der Waals surface area contributed by atoms with E-state index in [0.29, 0.717) is 11.5 Å². The Hall–Kier alpha value is -3.14. The summed E-state index contributed by atoms with van der Waals surface area (Å²) >= 11 is 0. The molecule has 3 aromatic rings. The Morgan fingerprint density at radius 2 is 1.81 bits per heavy atom. The van der Waals surface area contributed by atoms with E-state index in [9.17, 15) is 4.79 Å². The fourth-order valence-electron chi connectivity index (χ4n) is 3.04. The number of carbonyl (C=O) groups is 1. The molecular weight excluding hydrogens is 336 g/mol. The number of ether oxygens (including phenoxy) is 1. The van der Waals surface area contributed by atoms with Gasteiger partial charge in [-0.3, -0.25) is 4.79 Å². The van der Waals surface area contributed by atoms with Gasteiger partial charge in [0, 0.05) is 5.56 Å². The third-order valence-corrected chi connectivity index (χ3v) is 4.62. The maximum atomic E-state index is 12.4. The van der Waals surface area contributed by atoms with E-state index in [4.69, 9.17) is 4.74 Å². The third-order valence-electron chi connectivity index (χ3n) is 4.62. The van der Waals surface area contributed by atoms with Crippen LogP contribution < -0.4 is 10.2 Å². The molecule has 3 rings (SSSR count). The van der Waals surface area contributed by atoms with Gasteiger partial charge in [-0.2, -0.15) is 5.10 Å². The van der Waals surface area contributed by atoms with Crippen LogP contribution in [0.15, 0.2) is 59.7 Å². The third kappa shape index (κ3) is 4.17. The van der Waals surface area contributed by atoms with Gasteiger partial charge in [-0.25, -0.2) is 5.43 Å². The van der Waals surface area contributed by atoms with Crippen molar-refractivity contribution in [3.05, 3.63) is 76.9 Å². The highest BCUT2D eigenvalue weighted by Crippen LogP contribution is 2.29. The number of hydrazone groups is 1. The van der Waals surface area contributed by atoms with Crippen molar-refractivity contribution >= 4 is 22.9 Å². The summed E-state index contributed by atoms with van der Waals surface area (Å²) in [6.45, 7) is 6.24. The first-order chi connectivity index (χ1) is 13.0. The summed E-state index contributed by atoms with van der Waals surface area (Å²) in [5, 5.41) is 6.28. The number of rotatable bonds is 5. The Bertz CT molecular complexity index is 1010. The molecule has 4 nitrogen and oxygen atoms in total. The first-order valence-electron chi connectivity index (χ1n) is 9.00. The Morgan fingerprint density at radius 3 is 2.52 bits per heavy atom. The number of fused-ring (bicyclic) bond motifs is 1. The number of nitrogens with zero attached hydrogens (tertiary/aromatic N) is 1. The molecule has 0 bridgehead atoms. The fourth-order valence-corrected chi connectivity index (χ4v) is 3.04. The van der Waals surface area contributed by atoms with Gasteiger partial charge in [0.25, 0.3) is 5.91 Å². The summed E-state index contributed by atoms with van der Waals surface area (Å²) in [6, 6.07) is 17.6. The number of methoxy groups -OCH3 is 1. The largest absolute Gasteiger partial charge is 0.496 e. The summed E-state index contributed by atoms with van der Waals surface area (Å²) < 4.78 is 5.46. The minimum absolute atomic E-state index is 0.229. The molecule has 4 heteroatoms. The van der Waals surface area contributed by atoms with Gasteiger partial charge in [0.2, 0.25) is 0 Å². The predicted octanol–water partition coefficient (Wildman–Crippen LogP) is 5.04. The van der Waals surface area contributed by atoms with Gasteiger partial charge >= 0.3 is 0 Å². The van der Waals surface area contributed by atoms with E-state index in [-0.39, 0.29) is 5.91 Å². The molecule has 1 N–H and O–H groups in total. The van der Waals surface area contributed by atoms with Gasteiger partial charge in [0.15, 0.2) is 0 Å². The second-order valence-electron chi connectivity index (χ2n) is 6.87. The molecule has 0 aliphatic carbocycles. The van der Waals surface area contributed by atoms with Crippen LogP contribution >= 0.6 is 0 Å². The van der Waals surface area contributed by atoms with Gasteiger partial charge in [-0.1, -0.05) is 44.2 Å². The minimum Gasteiger partial charge on any atom is -0.496 e. The van der Waals surface area contributed by atoms with Gasteiger partial charge in [-0.05, 0) is 64.6 Å². The van der Waals surface area contributed by atoms with Crippen LogP contribution in [0.2, 0.25) is 0 Å². The number of hydrogen-bond donors (Lipinski definition) is 1. The summed E-state index contributed by atoms with van der Waals surface area (Å²) in [4.78, 5) is 12.4. The smallest absolute Gasteiger partial charge is 0.271 e. The van der Waals surface area contributed by atoms with E-state index in [1.165, 1.54) is 0 Å². The average Bonchev–Trinajstić information content (AvgIpc) is 2.68. The zero-order chi connectivity index (χ0) is 19.4. The molecule has 1 amide bonds. The summed E-state index contributed by atoms with van der Waals surface area (Å²) in [5.74, 6) is 0.979. The highest BCUT2D eigenvalue weighted by Gasteiger charge is 2.10. The molecule has 0 aliphatic heterocycles. The van der Waals surface area contributed by atoms with Crippen LogP contribution in [0.25, 0.3) is 10.8 Å². The molecule has 0 fully saturated rings. The second kappa shape index (κ2) is 8.04. The molecule has 0 aliphatic rings. The molecule has 0 radical (unpaired) electrons. The lowest BCUT2D eigenvalue weighted by atomic mass is 9.97. The van der Waals surface area contributed by atoms with Crippen molar-refractivity contribution in [1.29, 1.82) is 0 Å². The monoisotopic (exact) mass is 360 g/mol. The van der Waals surface area contributed by atoms with Crippen molar-refractivity contribution < 1.29 is 9.53 Å². The van der Waals surface area contributed by atoms with E-state index >= 15 is 0 Å². The van der Waals surface area contributed by atoms with E-state index in [2.05, 4.69) is 30.4 Å². The molecule has 27 heavy (non-hydrogen) atoms. The van der Waals surface area contributed by atoms with Crippen molar-refractivity contribution in [1.82, 2.24) is 5.43 Å². The molecule has 0 spiro atoms. The van der Waals surface area contributed by atoms with E-state index in [1.54, 1.807) is 13.3 Å². The zero-order valence-electron chi connectivity index (χ0n) is 16.1. The summed E-state index contributed by atoms with van der Waals surface area (Å²) in [7, 11) is 1.68. The molecule has 0 saturated heterocycles. The molecule has 0 aromatic heterocycles. The number of nitrogens with one attached hydrogen (secondary N) is 1. The number of benzene rings is 3. The lowest BCUT2D eigenvalue weighted by Crippen LogP contribution is -2.17. The van der Waals surface area contributed by atoms with E-state index < -0.39 is 0 Å². The van der Waals surface area contributed by atoms with Crippen molar-refractivity contribution in [2.24, 2.45) is 5.10 Å². The molecule has 3 aromatic carbocycles. The molecule has 0 unspecified atom stereocenters. The zero-order valence-corrected chi connectivity index (χ0v) is 16.1. The standard InChI is InChI=1S/C23H24N2O2/c1-15(2)21-13-20(16(3)11-22(21)27-4)14-24-25-23(26)19-10-9-17-7-5-6-8-18(17)12-19/h5-15H,1-4H3,(H,25,26)/b24-14-. The number of carbonyl (C=O) groups excluding carboxylic acids is 1. The Labute approximate surface area is 159 Å². The van der Waals surface area contributed by atoms with E-state index in [0.717, 1.165) is 33.2 Å². The topological polar surface area (TPSA) is 50.7 Å². The quantitative estimate of drug-likeness (QED) is 0.512. The van der Waals surface area contributed by atoms with Crippen LogP contribution in [0, 0.1) is 6.92 Å². The highest BCUT2D eigenvalue weighted by molar-refractivity contribution is 5.99. The Morgan fingerprint density at radius 1 is 1.07 bits per heavy atom. The van der Waals surface area contributed by atoms with Crippen molar-refractivity contribution in [3.63, 3.8) is 0 Å². The van der Waals surface area contributed by atoms with Crippen LogP contribution in [-0.2, 0) is 0 Å². The van der Waals surface area contributed by atoms with Crippen LogP contribution in [0.3, 0.4) is 0 Å². The maximum absolute atomic E-state index is 12.4. The average molecular weight is 360 g/mol. The molecule has 0 heterocycles. The second-order valence-corrected chi connectivity index (χ2v) is 6.87. The van der Waals surface area contributed by atoms with Crippen molar-refractivity contribution in [2.45, 2.75) is 26.7 Å². The lowest BCUT2D eigenvalue weighted by Gasteiger charge is -2.14. The van der Waals surface area contributed by atoms with Gasteiger partial charge in [0.05, 0.1) is 13.3 Å². The van der Waals surface area contributed by atoms with Gasteiger partial charge < -0.3 is 4.74 Å². The summed E-state index contributed by atoms with van der Waals surface area (Å²) in [6.07, 6.45) is 1.68. The number of aryl methyl sites for hydroxylation is 1. The SMILES string of the molecule is COc1cc(C)c(/C=N\NC(=O)c2ccc3ccccc3c2)cc1C(C)C. The minimum atomic E-state index is -0.229. The van der Waals surface area contributed by atoms with Gasteiger partial charge in [0.1, 0.15) is 5.75 Å².